The second-order valence-corrected chi connectivity index (χ2v) is 6.42. The third-order valence-electron chi connectivity index (χ3n) is 4.26. The van der Waals surface area contributed by atoms with Crippen LogP contribution in [0.1, 0.15) is 36.1 Å². The Kier molecular flexibility index (Phi) is 7.41. The molecule has 0 aromatic heterocycles. The molecule has 3 aromatic carbocycles. The molecular formula is C26H18F4O2. The summed E-state index contributed by atoms with van der Waals surface area (Å²) in [5.74, 6) is 4.12. The van der Waals surface area contributed by atoms with Crippen LogP contribution in [0.25, 0.3) is 0 Å². The minimum absolute atomic E-state index is 0.396. The monoisotopic (exact) mass is 438 g/mol. The summed E-state index contributed by atoms with van der Waals surface area (Å²) in [4.78, 5) is 0. The summed E-state index contributed by atoms with van der Waals surface area (Å²) in [5.41, 5.74) is -1.21. The summed E-state index contributed by atoms with van der Waals surface area (Å²) in [7, 11) is 0. The molecule has 32 heavy (non-hydrogen) atoms. The van der Waals surface area contributed by atoms with E-state index in [0.717, 1.165) is 0 Å². The van der Waals surface area contributed by atoms with Gasteiger partial charge < -0.3 is 9.47 Å². The van der Waals surface area contributed by atoms with Gasteiger partial charge in [-0.25, -0.2) is 17.6 Å². The van der Waals surface area contributed by atoms with Gasteiger partial charge in [0, 0.05) is 11.1 Å². The summed E-state index contributed by atoms with van der Waals surface area (Å²) in [6.07, 6.45) is 0. The van der Waals surface area contributed by atoms with Crippen molar-refractivity contribution in [1.29, 1.82) is 0 Å². The maximum Gasteiger partial charge on any atom is 0.178 e. The summed E-state index contributed by atoms with van der Waals surface area (Å²) < 4.78 is 68.4. The van der Waals surface area contributed by atoms with E-state index in [2.05, 4.69) is 23.7 Å². The molecule has 0 aliphatic heterocycles. The van der Waals surface area contributed by atoms with Gasteiger partial charge in [0.15, 0.2) is 23.3 Å². The summed E-state index contributed by atoms with van der Waals surface area (Å²) >= 11 is 0. The molecule has 3 aromatic rings. The minimum Gasteiger partial charge on any atom is -0.494 e. The third kappa shape index (κ3) is 5.22. The van der Waals surface area contributed by atoms with E-state index < -0.39 is 34.4 Å². The van der Waals surface area contributed by atoms with Crippen molar-refractivity contribution >= 4 is 0 Å². The van der Waals surface area contributed by atoms with Gasteiger partial charge in [-0.05, 0) is 62.4 Å². The Labute approximate surface area is 183 Å². The highest BCUT2D eigenvalue weighted by atomic mass is 19.2. The summed E-state index contributed by atoms with van der Waals surface area (Å²) in [6.45, 7) is 4.62. The van der Waals surface area contributed by atoms with Crippen LogP contribution in [0.3, 0.4) is 0 Å². The molecule has 3 rings (SSSR count). The van der Waals surface area contributed by atoms with Crippen LogP contribution in [-0.2, 0) is 0 Å². The SMILES string of the molecule is CCOc1ccc(C#Cc2c(F)c(F)c(C#Cc3ccc(OCC)cc3)c(F)c2F)cc1. The molecule has 0 unspecified atom stereocenters. The number of hydrogen-bond donors (Lipinski definition) is 0. The standard InChI is InChI=1S/C26H18F4O2/c1-3-31-19-11-5-17(6-12-19)9-15-21-23(27)25(29)22(26(30)24(21)28)16-10-18-7-13-20(14-8-18)32-4-2/h5-8,11-14H,3-4H2,1-2H3. The number of halogens is 4. The third-order valence-corrected chi connectivity index (χ3v) is 4.26. The van der Waals surface area contributed by atoms with Crippen LogP contribution in [0.2, 0.25) is 0 Å². The van der Waals surface area contributed by atoms with E-state index in [-0.39, 0.29) is 0 Å². The van der Waals surface area contributed by atoms with Gasteiger partial charge in [0.05, 0.1) is 13.2 Å². The Morgan fingerprint density at radius 2 is 0.844 bits per heavy atom. The smallest absolute Gasteiger partial charge is 0.178 e. The molecule has 0 heterocycles. The lowest BCUT2D eigenvalue weighted by Gasteiger charge is -2.05. The van der Waals surface area contributed by atoms with Crippen LogP contribution in [0.5, 0.6) is 11.5 Å². The first kappa shape index (κ1) is 22.8. The molecule has 0 fully saturated rings. The number of rotatable bonds is 4. The van der Waals surface area contributed by atoms with E-state index in [1.54, 1.807) is 48.5 Å². The zero-order chi connectivity index (χ0) is 23.1. The average molecular weight is 438 g/mol. The molecule has 0 spiro atoms. The van der Waals surface area contributed by atoms with Gasteiger partial charge in [0.25, 0.3) is 0 Å². The molecule has 0 aliphatic carbocycles. The Morgan fingerprint density at radius 1 is 0.531 bits per heavy atom. The van der Waals surface area contributed by atoms with Crippen LogP contribution in [0.15, 0.2) is 48.5 Å². The fourth-order valence-corrected chi connectivity index (χ4v) is 2.72. The van der Waals surface area contributed by atoms with E-state index in [1.165, 1.54) is 0 Å². The summed E-state index contributed by atoms with van der Waals surface area (Å²) in [6, 6.07) is 12.8. The van der Waals surface area contributed by atoms with Crippen LogP contribution in [0.4, 0.5) is 17.6 Å². The number of hydrogen-bond acceptors (Lipinski definition) is 2. The molecular weight excluding hydrogens is 420 g/mol. The molecule has 0 amide bonds. The molecule has 0 saturated heterocycles. The summed E-state index contributed by atoms with van der Waals surface area (Å²) in [5, 5.41) is 0. The number of ether oxygens (including phenoxy) is 2. The normalized spacial score (nSPS) is 9.94. The second-order valence-electron chi connectivity index (χ2n) is 6.42. The topological polar surface area (TPSA) is 18.5 Å². The average Bonchev–Trinajstić information content (AvgIpc) is 2.80. The molecule has 0 radical (unpaired) electrons. The predicted octanol–water partition coefficient (Wildman–Crippen LogP) is 5.84. The van der Waals surface area contributed by atoms with Crippen molar-refractivity contribution in [3.63, 3.8) is 0 Å². The zero-order valence-electron chi connectivity index (χ0n) is 17.4. The van der Waals surface area contributed by atoms with Crippen molar-refractivity contribution < 1.29 is 27.0 Å². The Bertz CT molecular complexity index is 1100. The molecule has 0 bridgehead atoms. The van der Waals surface area contributed by atoms with Crippen molar-refractivity contribution in [1.82, 2.24) is 0 Å². The first-order valence-corrected chi connectivity index (χ1v) is 9.80. The zero-order valence-corrected chi connectivity index (χ0v) is 17.4. The highest BCUT2D eigenvalue weighted by molar-refractivity contribution is 5.51. The van der Waals surface area contributed by atoms with Gasteiger partial charge >= 0.3 is 0 Å². The van der Waals surface area contributed by atoms with E-state index in [9.17, 15) is 17.6 Å². The minimum atomic E-state index is -1.60. The predicted molar refractivity (Wildman–Crippen MR) is 113 cm³/mol. The number of benzene rings is 3. The van der Waals surface area contributed by atoms with Gasteiger partial charge in [0.1, 0.15) is 22.6 Å². The lowest BCUT2D eigenvalue weighted by atomic mass is 10.1. The lowest BCUT2D eigenvalue weighted by Crippen LogP contribution is -2.04. The van der Waals surface area contributed by atoms with Crippen molar-refractivity contribution in [3.05, 3.63) is 94.1 Å². The van der Waals surface area contributed by atoms with Gasteiger partial charge in [-0.3, -0.25) is 0 Å². The first-order chi connectivity index (χ1) is 15.4. The van der Waals surface area contributed by atoms with Gasteiger partial charge in [-0.1, -0.05) is 23.7 Å². The maximum atomic E-state index is 14.4. The fourth-order valence-electron chi connectivity index (χ4n) is 2.72. The quantitative estimate of drug-likeness (QED) is 0.290. The van der Waals surface area contributed by atoms with Crippen LogP contribution >= 0.6 is 0 Å². The van der Waals surface area contributed by atoms with Crippen molar-refractivity contribution in [3.8, 4) is 35.2 Å². The second kappa shape index (κ2) is 10.4. The fraction of sp³-hybridized carbons (Fsp3) is 0.154. The maximum absolute atomic E-state index is 14.4. The van der Waals surface area contributed by atoms with Crippen molar-refractivity contribution in [2.45, 2.75) is 13.8 Å². The molecule has 2 nitrogen and oxygen atoms in total. The van der Waals surface area contributed by atoms with E-state index in [0.29, 0.717) is 35.8 Å². The highest BCUT2D eigenvalue weighted by Gasteiger charge is 2.23. The van der Waals surface area contributed by atoms with E-state index >= 15 is 0 Å². The van der Waals surface area contributed by atoms with Gasteiger partial charge in [0.2, 0.25) is 0 Å². The lowest BCUT2D eigenvalue weighted by molar-refractivity contribution is 0.340. The highest BCUT2D eigenvalue weighted by Crippen LogP contribution is 2.23. The Hall–Kier alpha value is -3.90. The van der Waals surface area contributed by atoms with Crippen molar-refractivity contribution in [2.24, 2.45) is 0 Å². The van der Waals surface area contributed by atoms with Gasteiger partial charge in [-0.15, -0.1) is 0 Å². The van der Waals surface area contributed by atoms with Crippen LogP contribution in [-0.4, -0.2) is 13.2 Å². The Balaban J connectivity index is 1.92. The van der Waals surface area contributed by atoms with Gasteiger partial charge in [-0.2, -0.15) is 0 Å². The molecule has 0 aliphatic rings. The van der Waals surface area contributed by atoms with Crippen molar-refractivity contribution in [2.75, 3.05) is 13.2 Å². The van der Waals surface area contributed by atoms with Crippen LogP contribution in [0, 0.1) is 47.0 Å². The molecule has 0 saturated carbocycles. The van der Waals surface area contributed by atoms with E-state index in [1.807, 2.05) is 13.8 Å². The first-order valence-electron chi connectivity index (χ1n) is 9.80. The molecule has 0 N–H and O–H groups in total. The molecule has 6 heteroatoms. The molecule has 162 valence electrons. The largest absolute Gasteiger partial charge is 0.494 e. The molecule has 0 atom stereocenters. The Morgan fingerprint density at radius 3 is 1.12 bits per heavy atom. The van der Waals surface area contributed by atoms with E-state index in [4.69, 9.17) is 9.47 Å². The van der Waals surface area contributed by atoms with Crippen LogP contribution < -0.4 is 9.47 Å².